The van der Waals surface area contributed by atoms with Crippen LogP contribution in [-0.4, -0.2) is 71.5 Å². The van der Waals surface area contributed by atoms with E-state index >= 15 is 0 Å². The standard InChI is InChI=1S/C18H21N5O/c1-14-12-23-13-19-16(11-17(23)20-14)21-7-9-22(10-8-21)18(24)15-5-3-2-4-6-15/h2-6,11,13-14H,7-10,12H2,1H3/t14-/m1/s1. The van der Waals surface area contributed by atoms with Gasteiger partial charge in [0, 0.05) is 44.4 Å². The van der Waals surface area contributed by atoms with Gasteiger partial charge in [-0.05, 0) is 19.1 Å². The van der Waals surface area contributed by atoms with Gasteiger partial charge in [0.2, 0.25) is 0 Å². The van der Waals surface area contributed by atoms with E-state index in [0.717, 1.165) is 36.9 Å². The molecule has 0 unspecified atom stereocenters. The van der Waals surface area contributed by atoms with Crippen molar-refractivity contribution >= 4 is 18.1 Å². The highest BCUT2D eigenvalue weighted by molar-refractivity contribution is 6.03. The summed E-state index contributed by atoms with van der Waals surface area (Å²) in [7, 11) is 0. The highest BCUT2D eigenvalue weighted by Gasteiger charge is 2.27. The van der Waals surface area contributed by atoms with Crippen LogP contribution in [0.5, 0.6) is 0 Å². The average Bonchev–Trinajstić information content (AvgIpc) is 3.01. The van der Waals surface area contributed by atoms with Crippen LogP contribution in [0.15, 0.2) is 52.2 Å². The molecule has 3 aliphatic heterocycles. The molecule has 0 N–H and O–H groups in total. The normalized spacial score (nSPS) is 23.0. The molecule has 6 heteroatoms. The molecule has 0 radical (unpaired) electrons. The number of amidine groups is 1. The van der Waals surface area contributed by atoms with Crippen molar-refractivity contribution in [1.82, 2.24) is 14.7 Å². The number of fused-ring (bicyclic) bond motifs is 1. The molecule has 3 aliphatic rings. The average molecular weight is 323 g/mol. The first-order valence-electron chi connectivity index (χ1n) is 8.40. The van der Waals surface area contributed by atoms with Crippen LogP contribution in [0.1, 0.15) is 17.3 Å². The molecule has 1 aromatic rings. The molecule has 0 aromatic heterocycles. The van der Waals surface area contributed by atoms with Gasteiger partial charge in [-0.1, -0.05) is 18.2 Å². The number of carbonyl (C=O) groups is 1. The zero-order valence-corrected chi connectivity index (χ0v) is 13.8. The van der Waals surface area contributed by atoms with Crippen molar-refractivity contribution in [2.75, 3.05) is 32.7 Å². The molecule has 0 aliphatic carbocycles. The number of benzene rings is 1. The molecule has 4 rings (SSSR count). The maximum Gasteiger partial charge on any atom is 0.253 e. The van der Waals surface area contributed by atoms with Crippen LogP contribution < -0.4 is 0 Å². The maximum absolute atomic E-state index is 12.5. The van der Waals surface area contributed by atoms with E-state index in [4.69, 9.17) is 0 Å². The minimum atomic E-state index is 0.108. The summed E-state index contributed by atoms with van der Waals surface area (Å²) in [6.07, 6.45) is 3.93. The lowest BCUT2D eigenvalue weighted by atomic mass is 10.2. The number of aliphatic imine (C=N–C) groups is 2. The van der Waals surface area contributed by atoms with E-state index in [9.17, 15) is 4.79 Å². The summed E-state index contributed by atoms with van der Waals surface area (Å²) in [6.45, 7) is 6.04. The first kappa shape index (κ1) is 14.9. The fourth-order valence-corrected chi connectivity index (χ4v) is 3.30. The quantitative estimate of drug-likeness (QED) is 0.827. The maximum atomic E-state index is 12.5. The van der Waals surface area contributed by atoms with Crippen molar-refractivity contribution in [3.8, 4) is 0 Å². The fourth-order valence-electron chi connectivity index (χ4n) is 3.30. The highest BCUT2D eigenvalue weighted by Crippen LogP contribution is 2.19. The Labute approximate surface area is 141 Å². The number of hydrogen-bond acceptors (Lipinski definition) is 5. The second kappa shape index (κ2) is 6.11. The zero-order valence-electron chi connectivity index (χ0n) is 13.8. The summed E-state index contributed by atoms with van der Waals surface area (Å²) in [5, 5.41) is 0. The Kier molecular flexibility index (Phi) is 3.80. The van der Waals surface area contributed by atoms with Crippen molar-refractivity contribution in [3.05, 3.63) is 47.8 Å². The number of piperazine rings is 1. The Morgan fingerprint density at radius 3 is 2.62 bits per heavy atom. The topological polar surface area (TPSA) is 51.5 Å². The predicted molar refractivity (Wildman–Crippen MR) is 94.1 cm³/mol. The lowest BCUT2D eigenvalue weighted by molar-refractivity contribution is 0.0668. The molecule has 1 amide bonds. The first-order valence-corrected chi connectivity index (χ1v) is 8.40. The Hall–Kier alpha value is -2.63. The number of hydrogen-bond donors (Lipinski definition) is 0. The largest absolute Gasteiger partial charge is 0.353 e. The van der Waals surface area contributed by atoms with E-state index in [2.05, 4.69) is 32.8 Å². The Morgan fingerprint density at radius 1 is 1.12 bits per heavy atom. The third-order valence-electron chi connectivity index (χ3n) is 4.61. The molecule has 3 heterocycles. The molecule has 6 nitrogen and oxygen atoms in total. The van der Waals surface area contributed by atoms with Crippen LogP contribution >= 0.6 is 0 Å². The third kappa shape index (κ3) is 2.79. The van der Waals surface area contributed by atoms with Crippen LogP contribution in [-0.2, 0) is 0 Å². The minimum absolute atomic E-state index is 0.108. The summed E-state index contributed by atoms with van der Waals surface area (Å²) < 4.78 is 0. The molecule has 0 spiro atoms. The summed E-state index contributed by atoms with van der Waals surface area (Å²) in [6, 6.07) is 9.80. The summed E-state index contributed by atoms with van der Waals surface area (Å²) in [4.78, 5) is 27.9. The molecular weight excluding hydrogens is 302 g/mol. The molecule has 1 atom stereocenters. The number of amides is 1. The lowest BCUT2D eigenvalue weighted by Gasteiger charge is -2.36. The van der Waals surface area contributed by atoms with Gasteiger partial charge >= 0.3 is 0 Å². The van der Waals surface area contributed by atoms with Crippen molar-refractivity contribution in [2.24, 2.45) is 9.98 Å². The monoisotopic (exact) mass is 323 g/mol. The summed E-state index contributed by atoms with van der Waals surface area (Å²) in [5.74, 6) is 2.05. The van der Waals surface area contributed by atoms with Crippen LogP contribution in [0.2, 0.25) is 0 Å². The zero-order chi connectivity index (χ0) is 16.5. The van der Waals surface area contributed by atoms with Gasteiger partial charge in [0.05, 0.1) is 12.4 Å². The Bertz CT molecular complexity index is 716. The van der Waals surface area contributed by atoms with Gasteiger partial charge in [-0.15, -0.1) is 0 Å². The van der Waals surface area contributed by atoms with Crippen molar-refractivity contribution < 1.29 is 4.79 Å². The van der Waals surface area contributed by atoms with E-state index in [1.54, 1.807) is 0 Å². The van der Waals surface area contributed by atoms with E-state index in [0.29, 0.717) is 19.1 Å². The van der Waals surface area contributed by atoms with E-state index < -0.39 is 0 Å². The predicted octanol–water partition coefficient (Wildman–Crippen LogP) is 1.43. The fraction of sp³-hybridized carbons (Fsp3) is 0.389. The van der Waals surface area contributed by atoms with Gasteiger partial charge in [-0.3, -0.25) is 9.79 Å². The van der Waals surface area contributed by atoms with E-state index in [-0.39, 0.29) is 5.91 Å². The molecule has 0 bridgehead atoms. The minimum Gasteiger partial charge on any atom is -0.353 e. The van der Waals surface area contributed by atoms with Crippen LogP contribution in [0, 0.1) is 0 Å². The van der Waals surface area contributed by atoms with Gasteiger partial charge in [-0.25, -0.2) is 4.99 Å². The molecule has 1 aromatic carbocycles. The Balaban J connectivity index is 1.40. The molecule has 0 saturated carbocycles. The van der Waals surface area contributed by atoms with Crippen LogP contribution in [0.4, 0.5) is 0 Å². The highest BCUT2D eigenvalue weighted by atomic mass is 16.2. The Morgan fingerprint density at radius 2 is 1.88 bits per heavy atom. The van der Waals surface area contributed by atoms with E-state index in [1.165, 1.54) is 0 Å². The lowest BCUT2D eigenvalue weighted by Crippen LogP contribution is -2.48. The molecule has 24 heavy (non-hydrogen) atoms. The first-order chi connectivity index (χ1) is 11.7. The summed E-state index contributed by atoms with van der Waals surface area (Å²) in [5.41, 5.74) is 0.755. The third-order valence-corrected chi connectivity index (χ3v) is 4.61. The van der Waals surface area contributed by atoms with Gasteiger partial charge in [0.1, 0.15) is 11.7 Å². The van der Waals surface area contributed by atoms with Gasteiger partial charge in [0.15, 0.2) is 0 Å². The molecule has 124 valence electrons. The number of nitrogens with zero attached hydrogens (tertiary/aromatic N) is 5. The number of rotatable bonds is 2. The smallest absolute Gasteiger partial charge is 0.253 e. The van der Waals surface area contributed by atoms with E-state index in [1.807, 2.05) is 41.6 Å². The van der Waals surface area contributed by atoms with Crippen LogP contribution in [0.3, 0.4) is 0 Å². The molecule has 1 fully saturated rings. The molecule has 1 saturated heterocycles. The second-order valence-corrected chi connectivity index (χ2v) is 6.38. The SMILES string of the molecule is C[C@@H]1CN2C=NC(N3CCN(C(=O)c4ccccc4)CC3)=CC2=N1. The van der Waals surface area contributed by atoms with Crippen molar-refractivity contribution in [3.63, 3.8) is 0 Å². The van der Waals surface area contributed by atoms with Gasteiger partial charge in [0.25, 0.3) is 5.91 Å². The molecular formula is C18H21N5O. The summed E-state index contributed by atoms with van der Waals surface area (Å²) >= 11 is 0. The van der Waals surface area contributed by atoms with Crippen LogP contribution in [0.25, 0.3) is 0 Å². The second-order valence-electron chi connectivity index (χ2n) is 6.38. The van der Waals surface area contributed by atoms with Gasteiger partial charge < -0.3 is 14.7 Å². The van der Waals surface area contributed by atoms with Crippen molar-refractivity contribution in [1.29, 1.82) is 0 Å². The number of carbonyl (C=O) groups excluding carboxylic acids is 1. The van der Waals surface area contributed by atoms with Gasteiger partial charge in [-0.2, -0.15) is 0 Å². The van der Waals surface area contributed by atoms with Crippen molar-refractivity contribution in [2.45, 2.75) is 13.0 Å².